The van der Waals surface area contributed by atoms with E-state index in [0.717, 1.165) is 19.4 Å². The predicted molar refractivity (Wildman–Crippen MR) is 83.8 cm³/mol. The molecule has 0 fully saturated rings. The fourth-order valence-electron chi connectivity index (χ4n) is 3.10. The summed E-state index contributed by atoms with van der Waals surface area (Å²) in [7, 11) is 2.02. The number of fused-ring (bicyclic) bond motifs is 1. The number of aromatic amines is 1. The molecule has 3 rings (SSSR count). The summed E-state index contributed by atoms with van der Waals surface area (Å²) in [6.07, 6.45) is 13.1. The van der Waals surface area contributed by atoms with E-state index < -0.39 is 0 Å². The van der Waals surface area contributed by atoms with E-state index in [0.29, 0.717) is 11.8 Å². The highest BCUT2D eigenvalue weighted by Gasteiger charge is 2.23. The molecule has 1 heterocycles. The first-order valence-electron chi connectivity index (χ1n) is 7.30. The molecule has 0 radical (unpaired) electrons. The third-order valence-electron chi connectivity index (χ3n) is 4.14. The molecule has 1 aliphatic rings. The van der Waals surface area contributed by atoms with Crippen LogP contribution in [-0.2, 0) is 0 Å². The number of aromatic nitrogens is 2. The second-order valence-corrected chi connectivity index (χ2v) is 5.39. The number of allylic oxidation sites excluding steroid dienone is 4. The molecule has 1 aliphatic carbocycles. The number of rotatable bonds is 5. The van der Waals surface area contributed by atoms with Crippen LogP contribution < -0.4 is 5.32 Å². The van der Waals surface area contributed by atoms with Gasteiger partial charge in [-0.2, -0.15) is 5.10 Å². The largest absolute Gasteiger partial charge is 0.320 e. The van der Waals surface area contributed by atoms with Gasteiger partial charge in [0.1, 0.15) is 0 Å². The van der Waals surface area contributed by atoms with Gasteiger partial charge in [0.2, 0.25) is 0 Å². The molecular formula is C17H21N3. The van der Waals surface area contributed by atoms with Crippen molar-refractivity contribution in [2.75, 3.05) is 13.6 Å². The van der Waals surface area contributed by atoms with E-state index in [-0.39, 0.29) is 0 Å². The molecule has 1 aromatic heterocycles. The molecular weight excluding hydrogens is 246 g/mol. The lowest BCUT2D eigenvalue weighted by molar-refractivity contribution is 0.471. The van der Waals surface area contributed by atoms with Gasteiger partial charge in [0.05, 0.1) is 11.7 Å². The Hall–Kier alpha value is -1.87. The van der Waals surface area contributed by atoms with Crippen LogP contribution in [0, 0.1) is 5.92 Å². The summed E-state index contributed by atoms with van der Waals surface area (Å²) < 4.78 is 0. The summed E-state index contributed by atoms with van der Waals surface area (Å²) in [5, 5.41) is 11.9. The van der Waals surface area contributed by atoms with Gasteiger partial charge < -0.3 is 5.32 Å². The molecule has 2 atom stereocenters. The summed E-state index contributed by atoms with van der Waals surface area (Å²) in [6.45, 7) is 1.03. The Bertz CT molecular complexity index is 624. The van der Waals surface area contributed by atoms with Crippen molar-refractivity contribution >= 4 is 10.9 Å². The molecule has 104 valence electrons. The normalized spacial score (nSPS) is 19.6. The van der Waals surface area contributed by atoms with Crippen molar-refractivity contribution in [3.63, 3.8) is 0 Å². The number of nitrogens with one attached hydrogen (secondary N) is 2. The Balaban J connectivity index is 1.97. The third-order valence-corrected chi connectivity index (χ3v) is 4.14. The maximum absolute atomic E-state index is 4.20. The minimum Gasteiger partial charge on any atom is -0.320 e. The molecule has 3 heteroatoms. The topological polar surface area (TPSA) is 40.7 Å². The van der Waals surface area contributed by atoms with Gasteiger partial charge in [0.25, 0.3) is 0 Å². The zero-order chi connectivity index (χ0) is 13.8. The maximum atomic E-state index is 4.20. The average molecular weight is 267 g/mol. The van der Waals surface area contributed by atoms with Crippen LogP contribution in [0.3, 0.4) is 0 Å². The Morgan fingerprint density at radius 3 is 3.15 bits per heavy atom. The maximum Gasteiger partial charge on any atom is 0.0685 e. The molecule has 20 heavy (non-hydrogen) atoms. The van der Waals surface area contributed by atoms with Crippen molar-refractivity contribution in [2.24, 2.45) is 5.92 Å². The first-order valence-corrected chi connectivity index (χ1v) is 7.30. The fourth-order valence-corrected chi connectivity index (χ4v) is 3.10. The molecule has 0 amide bonds. The third kappa shape index (κ3) is 2.54. The molecule has 0 aliphatic heterocycles. The molecule has 0 spiro atoms. The van der Waals surface area contributed by atoms with Crippen LogP contribution in [0.5, 0.6) is 0 Å². The van der Waals surface area contributed by atoms with E-state index in [1.54, 1.807) is 0 Å². The minimum atomic E-state index is 0.521. The SMILES string of the molecule is CNCC[C@H](c1cccc2cn[nH]c12)C1C=CC=CC1. The quantitative estimate of drug-likeness (QED) is 0.872. The molecule has 1 unspecified atom stereocenters. The van der Waals surface area contributed by atoms with Gasteiger partial charge in [-0.1, -0.05) is 42.5 Å². The number of nitrogens with zero attached hydrogens (tertiary/aromatic N) is 1. The van der Waals surface area contributed by atoms with Crippen molar-refractivity contribution in [1.29, 1.82) is 0 Å². The van der Waals surface area contributed by atoms with Gasteiger partial charge in [-0.25, -0.2) is 0 Å². The molecule has 3 nitrogen and oxygen atoms in total. The first kappa shape index (κ1) is 13.1. The molecule has 0 saturated carbocycles. The van der Waals surface area contributed by atoms with E-state index in [2.05, 4.69) is 58.0 Å². The van der Waals surface area contributed by atoms with Gasteiger partial charge in [-0.15, -0.1) is 0 Å². The van der Waals surface area contributed by atoms with Crippen molar-refractivity contribution < 1.29 is 0 Å². The predicted octanol–water partition coefficient (Wildman–Crippen LogP) is 3.39. The highest BCUT2D eigenvalue weighted by Crippen LogP contribution is 2.36. The van der Waals surface area contributed by atoms with Crippen LogP contribution in [0.1, 0.15) is 24.3 Å². The number of hydrogen-bond acceptors (Lipinski definition) is 2. The van der Waals surface area contributed by atoms with Crippen molar-refractivity contribution in [3.05, 3.63) is 54.3 Å². The van der Waals surface area contributed by atoms with E-state index in [4.69, 9.17) is 0 Å². The first-order chi connectivity index (χ1) is 9.90. The van der Waals surface area contributed by atoms with Crippen LogP contribution in [0.2, 0.25) is 0 Å². The Labute approximate surface area is 119 Å². The van der Waals surface area contributed by atoms with Crippen molar-refractivity contribution in [1.82, 2.24) is 15.5 Å². The minimum absolute atomic E-state index is 0.521. The van der Waals surface area contributed by atoms with E-state index >= 15 is 0 Å². The average Bonchev–Trinajstić information content (AvgIpc) is 2.98. The number of hydrogen-bond donors (Lipinski definition) is 2. The summed E-state index contributed by atoms with van der Waals surface area (Å²) in [6, 6.07) is 6.50. The van der Waals surface area contributed by atoms with E-state index in [1.165, 1.54) is 16.5 Å². The van der Waals surface area contributed by atoms with Crippen LogP contribution in [0.4, 0.5) is 0 Å². The van der Waals surface area contributed by atoms with Crippen LogP contribution >= 0.6 is 0 Å². The van der Waals surface area contributed by atoms with Crippen molar-refractivity contribution in [2.45, 2.75) is 18.8 Å². The zero-order valence-electron chi connectivity index (χ0n) is 11.8. The molecule has 1 aromatic carbocycles. The summed E-state index contributed by atoms with van der Waals surface area (Å²) in [4.78, 5) is 0. The summed E-state index contributed by atoms with van der Waals surface area (Å²) in [5.41, 5.74) is 2.58. The highest BCUT2D eigenvalue weighted by atomic mass is 15.1. The summed E-state index contributed by atoms with van der Waals surface area (Å²) >= 11 is 0. The van der Waals surface area contributed by atoms with E-state index in [9.17, 15) is 0 Å². The highest BCUT2D eigenvalue weighted by molar-refractivity contribution is 5.81. The second-order valence-electron chi connectivity index (χ2n) is 5.39. The second kappa shape index (κ2) is 6.06. The Morgan fingerprint density at radius 2 is 2.35 bits per heavy atom. The molecule has 0 saturated heterocycles. The van der Waals surface area contributed by atoms with Crippen LogP contribution in [-0.4, -0.2) is 23.8 Å². The monoisotopic (exact) mass is 267 g/mol. The van der Waals surface area contributed by atoms with Gasteiger partial charge in [0.15, 0.2) is 0 Å². The van der Waals surface area contributed by atoms with Gasteiger partial charge in [0, 0.05) is 5.39 Å². The number of benzene rings is 1. The van der Waals surface area contributed by atoms with Crippen LogP contribution in [0.25, 0.3) is 10.9 Å². The molecule has 2 N–H and O–H groups in total. The standard InChI is InChI=1S/C17H21N3/c1-18-11-10-15(13-6-3-2-4-7-13)16-9-5-8-14-12-19-20-17(14)16/h2-6,8-9,12-13,15,18H,7,10-11H2,1H3,(H,19,20)/t13?,15-/m0/s1. The van der Waals surface area contributed by atoms with Gasteiger partial charge >= 0.3 is 0 Å². The number of H-pyrrole nitrogens is 1. The lowest BCUT2D eigenvalue weighted by Gasteiger charge is -2.26. The van der Waals surface area contributed by atoms with Gasteiger partial charge in [-0.3, -0.25) is 5.10 Å². The Kier molecular flexibility index (Phi) is 3.97. The Morgan fingerprint density at radius 1 is 1.40 bits per heavy atom. The van der Waals surface area contributed by atoms with E-state index in [1.807, 2.05) is 13.2 Å². The zero-order valence-corrected chi connectivity index (χ0v) is 11.8. The molecule has 2 aromatic rings. The lowest BCUT2D eigenvalue weighted by Crippen LogP contribution is -2.18. The smallest absolute Gasteiger partial charge is 0.0685 e. The van der Waals surface area contributed by atoms with Gasteiger partial charge in [-0.05, 0) is 43.8 Å². The van der Waals surface area contributed by atoms with Crippen molar-refractivity contribution in [3.8, 4) is 0 Å². The molecule has 0 bridgehead atoms. The fraction of sp³-hybridized carbons (Fsp3) is 0.353. The summed E-state index contributed by atoms with van der Waals surface area (Å²) in [5.74, 6) is 1.09. The van der Waals surface area contributed by atoms with Crippen LogP contribution in [0.15, 0.2) is 48.7 Å². The number of para-hydroxylation sites is 1. The lowest BCUT2D eigenvalue weighted by atomic mass is 9.79.